The molecule has 0 fully saturated rings. The Kier molecular flexibility index (Phi) is 2.22. The highest BCUT2D eigenvalue weighted by Crippen LogP contribution is 2.28. The highest BCUT2D eigenvalue weighted by molar-refractivity contribution is 5.81. The van der Waals surface area contributed by atoms with Crippen LogP contribution >= 0.6 is 0 Å². The van der Waals surface area contributed by atoms with Gasteiger partial charge in [0.25, 0.3) is 5.69 Å². The summed E-state index contributed by atoms with van der Waals surface area (Å²) >= 11 is 0. The van der Waals surface area contributed by atoms with Gasteiger partial charge in [-0.3, -0.25) is 20.3 Å². The molecule has 2 aromatic rings. The highest BCUT2D eigenvalue weighted by Gasteiger charge is 2.18. The van der Waals surface area contributed by atoms with Crippen LogP contribution in [0.1, 0.15) is 5.56 Å². The molecule has 0 aliphatic heterocycles. The van der Waals surface area contributed by atoms with Crippen molar-refractivity contribution in [3.05, 3.63) is 27.8 Å². The summed E-state index contributed by atoms with van der Waals surface area (Å²) < 4.78 is 0. The van der Waals surface area contributed by atoms with E-state index < -0.39 is 22.4 Å². The summed E-state index contributed by atoms with van der Waals surface area (Å²) in [7, 11) is 0. The monoisotopic (exact) mass is 230 g/mol. The minimum absolute atomic E-state index is 0.0169. The summed E-state index contributed by atoms with van der Waals surface area (Å²) in [5, 5.41) is 41.2. The zero-order valence-electron chi connectivity index (χ0n) is 8.08. The van der Waals surface area contributed by atoms with Gasteiger partial charge in [-0.25, -0.2) is 9.97 Å². The predicted molar refractivity (Wildman–Crippen MR) is 51.2 cm³/mol. The normalized spacial score (nSPS) is 10.1. The van der Waals surface area contributed by atoms with Crippen molar-refractivity contribution in [3.8, 4) is 17.8 Å². The van der Waals surface area contributed by atoms with E-state index in [0.717, 1.165) is 12.1 Å². The van der Waals surface area contributed by atoms with Crippen molar-refractivity contribution in [1.29, 1.82) is 5.26 Å². The Morgan fingerprint density at radius 3 is 2.18 bits per heavy atom. The predicted octanol–water partition coefficient (Wildman–Crippen LogP) is 1.70. The molecule has 0 unspecified atom stereocenters. The molecule has 0 saturated heterocycles. The maximum absolute atomic E-state index is 10.9. The molecule has 0 saturated carbocycles. The lowest BCUT2D eigenvalue weighted by Crippen LogP contribution is -1.94. The van der Waals surface area contributed by atoms with Gasteiger partial charge in [-0.1, -0.05) is 0 Å². The van der Waals surface area contributed by atoms with Gasteiger partial charge in [0.1, 0.15) is 17.1 Å². The van der Waals surface area contributed by atoms with Gasteiger partial charge in [0.2, 0.25) is 0 Å². The lowest BCUT2D eigenvalue weighted by Gasteiger charge is -1.98. The summed E-state index contributed by atoms with van der Waals surface area (Å²) in [4.78, 5) is 16.6. The second-order valence-corrected chi connectivity index (χ2v) is 3.06. The van der Waals surface area contributed by atoms with Crippen molar-refractivity contribution in [2.75, 3.05) is 0 Å². The molecule has 0 N–H and O–H groups in total. The van der Waals surface area contributed by atoms with Crippen LogP contribution in [0.15, 0.2) is 12.1 Å². The van der Waals surface area contributed by atoms with Crippen molar-refractivity contribution in [2.24, 2.45) is 0 Å². The van der Waals surface area contributed by atoms with Gasteiger partial charge < -0.3 is 0 Å². The summed E-state index contributed by atoms with van der Waals surface area (Å²) in [5.41, 5.74) is -0.820. The fourth-order valence-electron chi connectivity index (χ4n) is 1.30. The van der Waals surface area contributed by atoms with Crippen molar-refractivity contribution >= 4 is 16.7 Å². The van der Waals surface area contributed by atoms with Crippen molar-refractivity contribution in [1.82, 2.24) is 9.97 Å². The minimum atomic E-state index is -1.09. The van der Waals surface area contributed by atoms with Gasteiger partial charge in [0.05, 0.1) is 10.4 Å². The summed E-state index contributed by atoms with van der Waals surface area (Å²) in [6, 6.07) is 3.62. The first kappa shape index (κ1) is 10.6. The molecule has 8 heteroatoms. The van der Waals surface area contributed by atoms with Gasteiger partial charge in [0.15, 0.2) is 0 Å². The van der Waals surface area contributed by atoms with E-state index in [9.17, 15) is 20.3 Å². The number of nitrogens with zero attached hydrogens (tertiary/aromatic N) is 4. The molecule has 0 spiro atoms. The number of fused-ring (bicyclic) bond motifs is 1. The third-order valence-electron chi connectivity index (χ3n) is 2.04. The molecular formula is C9H2N4O4. The molecule has 82 valence electrons. The number of nitro benzene ring substituents is 1. The molecule has 2 radical (unpaired) electrons. The lowest BCUT2D eigenvalue weighted by molar-refractivity contribution is -0.385. The van der Waals surface area contributed by atoms with Crippen molar-refractivity contribution in [2.45, 2.75) is 0 Å². The minimum Gasteiger partial charge on any atom is -0.261 e. The maximum atomic E-state index is 10.9. The average molecular weight is 230 g/mol. The fraction of sp³-hybridized carbons (Fsp3) is 0. The molecule has 2 rings (SSSR count). The third-order valence-corrected chi connectivity index (χ3v) is 2.04. The number of nitro groups is 1. The van der Waals surface area contributed by atoms with E-state index >= 15 is 0 Å². The first-order chi connectivity index (χ1) is 8.02. The van der Waals surface area contributed by atoms with Crippen molar-refractivity contribution < 1.29 is 15.1 Å². The van der Waals surface area contributed by atoms with Crippen LogP contribution in [0.5, 0.6) is 11.8 Å². The van der Waals surface area contributed by atoms with E-state index in [0.29, 0.717) is 0 Å². The van der Waals surface area contributed by atoms with E-state index in [1.165, 1.54) is 0 Å². The molecule has 17 heavy (non-hydrogen) atoms. The molecule has 0 amide bonds. The number of hydrogen-bond donors (Lipinski definition) is 0. The van der Waals surface area contributed by atoms with Crippen LogP contribution in [0.2, 0.25) is 0 Å². The maximum Gasteiger partial charge on any atom is 0.338 e. The summed E-state index contributed by atoms with van der Waals surface area (Å²) in [6.45, 7) is 0. The molecule has 1 aromatic carbocycles. The zero-order chi connectivity index (χ0) is 12.6. The zero-order valence-corrected chi connectivity index (χ0v) is 8.08. The van der Waals surface area contributed by atoms with Gasteiger partial charge >= 0.3 is 11.8 Å². The van der Waals surface area contributed by atoms with Crippen molar-refractivity contribution in [3.63, 3.8) is 0 Å². The molecule has 8 nitrogen and oxygen atoms in total. The molecule has 1 heterocycles. The Bertz CT molecular complexity index is 677. The van der Waals surface area contributed by atoms with Crippen LogP contribution in [0.3, 0.4) is 0 Å². The Hall–Kier alpha value is -2.95. The van der Waals surface area contributed by atoms with Gasteiger partial charge in [-0.15, -0.1) is 0 Å². The fourth-order valence-corrected chi connectivity index (χ4v) is 1.30. The largest absolute Gasteiger partial charge is 0.338 e. The number of aromatic nitrogens is 2. The summed E-state index contributed by atoms with van der Waals surface area (Å²) in [5.74, 6) is -2.15. The second-order valence-electron chi connectivity index (χ2n) is 3.06. The van der Waals surface area contributed by atoms with E-state index in [-0.39, 0.29) is 16.6 Å². The second kappa shape index (κ2) is 3.57. The quantitative estimate of drug-likeness (QED) is 0.542. The van der Waals surface area contributed by atoms with Gasteiger partial charge in [-0.2, -0.15) is 5.26 Å². The number of nitriles is 1. The van der Waals surface area contributed by atoms with Crippen LogP contribution < -0.4 is 0 Å². The first-order valence-corrected chi connectivity index (χ1v) is 4.27. The van der Waals surface area contributed by atoms with Crippen LogP contribution in [0, 0.1) is 21.4 Å². The topological polar surface area (TPSA) is 133 Å². The van der Waals surface area contributed by atoms with Gasteiger partial charge in [0, 0.05) is 6.07 Å². The van der Waals surface area contributed by atoms with Gasteiger partial charge in [-0.05, 0) is 6.07 Å². The van der Waals surface area contributed by atoms with E-state index in [1.54, 1.807) is 6.07 Å². The van der Waals surface area contributed by atoms with Crippen LogP contribution in [-0.4, -0.2) is 14.9 Å². The Morgan fingerprint density at radius 1 is 1.18 bits per heavy atom. The average Bonchev–Trinajstić information content (AvgIpc) is 2.29. The molecule has 0 aliphatic carbocycles. The highest BCUT2D eigenvalue weighted by atomic mass is 16.6. The lowest BCUT2D eigenvalue weighted by atomic mass is 10.1. The SMILES string of the molecule is N#Cc1cc2nc([O])c([O])nc2cc1[N+](=O)[O-]. The molecule has 0 atom stereocenters. The standard InChI is InChI=1S/C9H2N4O4/c10-3-4-1-5-6(2-7(4)13(16)17)12-9(15)8(14)11-5/h1-2H. The molecule has 1 aromatic heterocycles. The van der Waals surface area contributed by atoms with E-state index in [2.05, 4.69) is 9.97 Å². The molecule has 0 aliphatic rings. The summed E-state index contributed by atoms with van der Waals surface area (Å²) in [6.07, 6.45) is 0. The first-order valence-electron chi connectivity index (χ1n) is 4.27. The van der Waals surface area contributed by atoms with E-state index in [1.807, 2.05) is 0 Å². The van der Waals surface area contributed by atoms with Crippen LogP contribution in [0.25, 0.3) is 11.0 Å². The Morgan fingerprint density at radius 2 is 1.71 bits per heavy atom. The third kappa shape index (κ3) is 1.65. The Labute approximate surface area is 93.6 Å². The molecule has 0 bridgehead atoms. The van der Waals surface area contributed by atoms with Crippen LogP contribution in [0.4, 0.5) is 5.69 Å². The smallest absolute Gasteiger partial charge is 0.261 e. The number of benzene rings is 1. The number of hydrogen-bond acceptors (Lipinski definition) is 5. The molecular weight excluding hydrogens is 228 g/mol. The Balaban J connectivity index is 2.84. The van der Waals surface area contributed by atoms with Crippen LogP contribution in [-0.2, 0) is 10.2 Å². The van der Waals surface area contributed by atoms with E-state index in [4.69, 9.17) is 5.26 Å². The number of rotatable bonds is 1.